The lowest BCUT2D eigenvalue weighted by Gasteiger charge is -2.34. The number of aromatic nitrogens is 3. The molecule has 1 aliphatic heterocycles. The second-order valence-corrected chi connectivity index (χ2v) is 8.41. The molecule has 1 N–H and O–H groups in total. The molecule has 0 aliphatic carbocycles. The lowest BCUT2D eigenvalue weighted by atomic mass is 10.0. The number of nitrogens with one attached hydrogen (secondary N) is 1. The Balaban J connectivity index is 1.60. The largest absolute Gasteiger partial charge is 0.480 e. The molecule has 4 rings (SSSR count). The van der Waals surface area contributed by atoms with Gasteiger partial charge in [-0.15, -0.1) is 0 Å². The van der Waals surface area contributed by atoms with Crippen molar-refractivity contribution in [2.45, 2.75) is 18.9 Å². The molecule has 1 saturated heterocycles. The summed E-state index contributed by atoms with van der Waals surface area (Å²) in [6, 6.07) is 9.88. The Bertz CT molecular complexity index is 1210. The van der Waals surface area contributed by atoms with E-state index in [-0.39, 0.29) is 11.9 Å². The van der Waals surface area contributed by atoms with Crippen LogP contribution in [-0.4, -0.2) is 77.5 Å². The molecule has 0 radical (unpaired) electrons. The minimum atomic E-state index is 0.111. The topological polar surface area (TPSA) is 107 Å². The fourth-order valence-electron chi connectivity index (χ4n) is 4.09. The van der Waals surface area contributed by atoms with Crippen LogP contribution in [0.15, 0.2) is 36.8 Å². The van der Waals surface area contributed by atoms with Crippen LogP contribution in [0, 0.1) is 11.3 Å². The van der Waals surface area contributed by atoms with E-state index in [1.807, 2.05) is 42.1 Å². The summed E-state index contributed by atoms with van der Waals surface area (Å²) in [6.45, 7) is 1.84. The number of carbonyl (C=O) groups excluding carboxylic acids is 1. The molecule has 1 aromatic carbocycles. The first-order chi connectivity index (χ1) is 16.0. The Morgan fingerprint density at radius 3 is 2.88 bits per heavy atom. The number of benzene rings is 1. The van der Waals surface area contributed by atoms with Gasteiger partial charge in [-0.3, -0.25) is 4.79 Å². The summed E-state index contributed by atoms with van der Waals surface area (Å²) in [6.07, 6.45) is 5.14. The van der Waals surface area contributed by atoms with Crippen LogP contribution in [0.5, 0.6) is 5.88 Å². The highest BCUT2D eigenvalue weighted by atomic mass is 16.5. The van der Waals surface area contributed by atoms with E-state index < -0.39 is 0 Å². The lowest BCUT2D eigenvalue weighted by molar-refractivity contribution is -0.132. The number of likely N-dealkylation sites (N-methyl/N-ethyl adjacent to an activating group) is 1. The fraction of sp³-hybridized carbons (Fsp3) is 0.375. The third kappa shape index (κ3) is 5.02. The van der Waals surface area contributed by atoms with Crippen LogP contribution in [0.25, 0.3) is 22.0 Å². The summed E-state index contributed by atoms with van der Waals surface area (Å²) in [5.41, 5.74) is 2.90. The number of hydrogen-bond donors (Lipinski definition) is 1. The molecule has 0 saturated carbocycles. The number of anilines is 1. The highest BCUT2D eigenvalue weighted by Gasteiger charge is 2.24. The number of likely N-dealkylation sites (tertiary alicyclic amines) is 1. The first-order valence-electron chi connectivity index (χ1n) is 10.9. The van der Waals surface area contributed by atoms with Crippen molar-refractivity contribution in [3.05, 3.63) is 42.4 Å². The Morgan fingerprint density at radius 1 is 1.27 bits per heavy atom. The fourth-order valence-corrected chi connectivity index (χ4v) is 4.09. The number of hydrogen-bond acceptors (Lipinski definition) is 8. The molecular weight excluding hydrogens is 418 g/mol. The molecule has 9 heteroatoms. The quantitative estimate of drug-likeness (QED) is 0.617. The molecular formula is C24H27N7O2. The van der Waals surface area contributed by atoms with E-state index in [0.717, 1.165) is 47.2 Å². The van der Waals surface area contributed by atoms with Gasteiger partial charge in [-0.05, 0) is 50.7 Å². The van der Waals surface area contributed by atoms with Crippen molar-refractivity contribution in [2.75, 3.05) is 46.2 Å². The standard InChI is InChI=1S/C24H27N7O2/c1-30(2)14-22(32)31-8-4-5-19(13-31)29-23-20-10-16(6-7-21(20)27-15-28-23)18-9-17(11-25)24(33-3)26-12-18/h6-7,9-10,12,15,19H,4-5,8,13-14H2,1-3H3,(H,27,28,29)/t19-/m0/s1. The summed E-state index contributed by atoms with van der Waals surface area (Å²) in [5.74, 6) is 1.18. The molecule has 170 valence electrons. The van der Waals surface area contributed by atoms with Crippen molar-refractivity contribution >= 4 is 22.6 Å². The number of ether oxygens (including phenoxy) is 1. The maximum atomic E-state index is 12.5. The molecule has 3 heterocycles. The van der Waals surface area contributed by atoms with Crippen LogP contribution >= 0.6 is 0 Å². The lowest BCUT2D eigenvalue weighted by Crippen LogP contribution is -2.47. The van der Waals surface area contributed by atoms with Crippen molar-refractivity contribution in [1.29, 1.82) is 5.26 Å². The van der Waals surface area contributed by atoms with Crippen LogP contribution in [-0.2, 0) is 4.79 Å². The molecule has 2 aromatic heterocycles. The number of fused-ring (bicyclic) bond motifs is 1. The number of nitriles is 1. The molecule has 0 spiro atoms. The van der Waals surface area contributed by atoms with Gasteiger partial charge >= 0.3 is 0 Å². The van der Waals surface area contributed by atoms with Gasteiger partial charge in [0.15, 0.2) is 0 Å². The van der Waals surface area contributed by atoms with Crippen molar-refractivity contribution in [3.63, 3.8) is 0 Å². The maximum absolute atomic E-state index is 12.5. The van der Waals surface area contributed by atoms with Crippen LogP contribution in [0.1, 0.15) is 18.4 Å². The molecule has 1 fully saturated rings. The number of piperidine rings is 1. The third-order valence-electron chi connectivity index (χ3n) is 5.70. The minimum Gasteiger partial charge on any atom is -0.480 e. The zero-order chi connectivity index (χ0) is 23.4. The normalized spacial score (nSPS) is 16.0. The van der Waals surface area contributed by atoms with Crippen molar-refractivity contribution in [1.82, 2.24) is 24.8 Å². The van der Waals surface area contributed by atoms with E-state index in [4.69, 9.17) is 4.74 Å². The molecule has 1 aliphatic rings. The first-order valence-corrected chi connectivity index (χ1v) is 10.9. The molecule has 0 bridgehead atoms. The molecule has 3 aromatic rings. The van der Waals surface area contributed by atoms with E-state index in [9.17, 15) is 10.1 Å². The van der Waals surface area contributed by atoms with E-state index in [1.165, 1.54) is 7.11 Å². The van der Waals surface area contributed by atoms with Gasteiger partial charge < -0.3 is 19.9 Å². The molecule has 33 heavy (non-hydrogen) atoms. The van der Waals surface area contributed by atoms with E-state index in [2.05, 4.69) is 26.3 Å². The third-order valence-corrected chi connectivity index (χ3v) is 5.70. The summed E-state index contributed by atoms with van der Waals surface area (Å²) in [4.78, 5) is 29.5. The zero-order valence-electron chi connectivity index (χ0n) is 19.1. The second-order valence-electron chi connectivity index (χ2n) is 8.41. The van der Waals surface area contributed by atoms with Gasteiger partial charge in [0.2, 0.25) is 11.8 Å². The Morgan fingerprint density at radius 2 is 2.12 bits per heavy atom. The van der Waals surface area contributed by atoms with Crippen molar-refractivity contribution < 1.29 is 9.53 Å². The summed E-state index contributed by atoms with van der Waals surface area (Å²) >= 11 is 0. The summed E-state index contributed by atoms with van der Waals surface area (Å²) < 4.78 is 5.15. The van der Waals surface area contributed by atoms with E-state index >= 15 is 0 Å². The zero-order valence-corrected chi connectivity index (χ0v) is 19.1. The van der Waals surface area contributed by atoms with Gasteiger partial charge in [0.25, 0.3) is 0 Å². The first kappa shape index (κ1) is 22.4. The Hall–Kier alpha value is -3.77. The van der Waals surface area contributed by atoms with Crippen molar-refractivity contribution in [3.8, 4) is 23.1 Å². The Labute approximate surface area is 193 Å². The number of nitrogens with zero attached hydrogens (tertiary/aromatic N) is 6. The number of amides is 1. The predicted molar refractivity (Wildman–Crippen MR) is 126 cm³/mol. The average Bonchev–Trinajstić information content (AvgIpc) is 2.83. The minimum absolute atomic E-state index is 0.111. The Kier molecular flexibility index (Phi) is 6.66. The van der Waals surface area contributed by atoms with Gasteiger partial charge in [0.05, 0.1) is 19.2 Å². The SMILES string of the molecule is COc1ncc(-c2ccc3ncnc(N[C@H]4CCCN(C(=O)CN(C)C)C4)c3c2)cc1C#N. The molecule has 0 unspecified atom stereocenters. The smallest absolute Gasteiger partial charge is 0.236 e. The average molecular weight is 446 g/mol. The van der Waals surface area contributed by atoms with Crippen LogP contribution in [0.4, 0.5) is 5.82 Å². The number of carbonyl (C=O) groups is 1. The van der Waals surface area contributed by atoms with E-state index in [1.54, 1.807) is 18.6 Å². The maximum Gasteiger partial charge on any atom is 0.236 e. The highest BCUT2D eigenvalue weighted by Crippen LogP contribution is 2.29. The second kappa shape index (κ2) is 9.79. The van der Waals surface area contributed by atoms with Crippen molar-refractivity contribution in [2.24, 2.45) is 0 Å². The van der Waals surface area contributed by atoms with Crippen LogP contribution in [0.3, 0.4) is 0 Å². The van der Waals surface area contributed by atoms with Gasteiger partial charge in [-0.1, -0.05) is 6.07 Å². The van der Waals surface area contributed by atoms with Gasteiger partial charge in [-0.25, -0.2) is 15.0 Å². The van der Waals surface area contributed by atoms with E-state index in [0.29, 0.717) is 24.5 Å². The van der Waals surface area contributed by atoms with Crippen LogP contribution in [0.2, 0.25) is 0 Å². The van der Waals surface area contributed by atoms with Gasteiger partial charge in [0, 0.05) is 36.3 Å². The predicted octanol–water partition coefficient (Wildman–Crippen LogP) is 2.54. The summed E-state index contributed by atoms with van der Waals surface area (Å²) in [7, 11) is 5.30. The number of rotatable bonds is 6. The molecule has 1 amide bonds. The van der Waals surface area contributed by atoms with Crippen LogP contribution < -0.4 is 10.1 Å². The molecule has 1 atom stereocenters. The molecule has 9 nitrogen and oxygen atoms in total. The summed E-state index contributed by atoms with van der Waals surface area (Å²) in [5, 5.41) is 13.8. The van der Waals surface area contributed by atoms with Gasteiger partial charge in [0.1, 0.15) is 23.8 Å². The number of methoxy groups -OCH3 is 1. The highest BCUT2D eigenvalue weighted by molar-refractivity contribution is 5.92. The monoisotopic (exact) mass is 445 g/mol. The van der Waals surface area contributed by atoms with Gasteiger partial charge in [-0.2, -0.15) is 5.26 Å². The number of pyridine rings is 1.